The fourth-order valence-corrected chi connectivity index (χ4v) is 2.38. The first-order chi connectivity index (χ1) is 8.72. The standard InChI is InChI=1S/C14H16N2OS/c1-3-10-6-5-7-11(8-10)13(17)16-14-15-9-12(4-2)18-14/h5-9H,3-4H2,1-2H3,(H,15,16,17). The van der Waals surface area contributed by atoms with Gasteiger partial charge in [0, 0.05) is 16.6 Å². The zero-order valence-electron chi connectivity index (χ0n) is 10.6. The zero-order chi connectivity index (χ0) is 13.0. The molecule has 2 rings (SSSR count). The Morgan fingerprint density at radius 3 is 2.83 bits per heavy atom. The predicted molar refractivity (Wildman–Crippen MR) is 75.3 cm³/mol. The fraction of sp³-hybridized carbons (Fsp3) is 0.286. The number of carbonyl (C=O) groups is 1. The van der Waals surface area contributed by atoms with E-state index in [2.05, 4.69) is 24.1 Å². The van der Waals surface area contributed by atoms with Gasteiger partial charge in [-0.25, -0.2) is 4.98 Å². The maximum atomic E-state index is 12.0. The Labute approximate surface area is 111 Å². The van der Waals surface area contributed by atoms with Gasteiger partial charge in [0.1, 0.15) is 0 Å². The largest absolute Gasteiger partial charge is 0.298 e. The molecule has 0 radical (unpaired) electrons. The van der Waals surface area contributed by atoms with E-state index in [1.54, 1.807) is 0 Å². The van der Waals surface area contributed by atoms with Crippen LogP contribution in [0.2, 0.25) is 0 Å². The number of thiazole rings is 1. The lowest BCUT2D eigenvalue weighted by molar-refractivity contribution is 0.102. The first-order valence-corrected chi connectivity index (χ1v) is 6.89. The van der Waals surface area contributed by atoms with Crippen LogP contribution in [0.4, 0.5) is 5.13 Å². The van der Waals surface area contributed by atoms with E-state index in [4.69, 9.17) is 0 Å². The molecule has 0 spiro atoms. The van der Waals surface area contributed by atoms with Crippen molar-refractivity contribution in [3.8, 4) is 0 Å². The van der Waals surface area contributed by atoms with E-state index >= 15 is 0 Å². The van der Waals surface area contributed by atoms with Gasteiger partial charge in [-0.1, -0.05) is 26.0 Å². The highest BCUT2D eigenvalue weighted by atomic mass is 32.1. The average Bonchev–Trinajstić information content (AvgIpc) is 2.86. The van der Waals surface area contributed by atoms with Crippen LogP contribution in [-0.2, 0) is 12.8 Å². The summed E-state index contributed by atoms with van der Waals surface area (Å²) < 4.78 is 0. The summed E-state index contributed by atoms with van der Waals surface area (Å²) in [4.78, 5) is 17.4. The molecule has 0 saturated carbocycles. The summed E-state index contributed by atoms with van der Waals surface area (Å²) in [5, 5.41) is 3.50. The van der Waals surface area contributed by atoms with Crippen molar-refractivity contribution in [2.24, 2.45) is 0 Å². The van der Waals surface area contributed by atoms with Crippen LogP contribution in [0.1, 0.15) is 34.6 Å². The van der Waals surface area contributed by atoms with Gasteiger partial charge in [0.05, 0.1) is 0 Å². The predicted octanol–water partition coefficient (Wildman–Crippen LogP) is 3.52. The van der Waals surface area contributed by atoms with Crippen molar-refractivity contribution >= 4 is 22.4 Å². The number of nitrogens with one attached hydrogen (secondary N) is 1. The third kappa shape index (κ3) is 2.96. The Balaban J connectivity index is 2.11. The Bertz CT molecular complexity index is 548. The van der Waals surface area contributed by atoms with Crippen molar-refractivity contribution in [2.75, 3.05) is 5.32 Å². The van der Waals surface area contributed by atoms with Crippen molar-refractivity contribution in [2.45, 2.75) is 26.7 Å². The minimum Gasteiger partial charge on any atom is -0.298 e. The summed E-state index contributed by atoms with van der Waals surface area (Å²) in [6, 6.07) is 7.68. The second-order valence-electron chi connectivity index (χ2n) is 3.99. The van der Waals surface area contributed by atoms with Gasteiger partial charge in [0.25, 0.3) is 5.91 Å². The van der Waals surface area contributed by atoms with Crippen LogP contribution in [0, 0.1) is 0 Å². The third-order valence-electron chi connectivity index (χ3n) is 2.72. The summed E-state index contributed by atoms with van der Waals surface area (Å²) in [5.41, 5.74) is 1.85. The van der Waals surface area contributed by atoms with Crippen molar-refractivity contribution in [1.29, 1.82) is 0 Å². The molecule has 1 N–H and O–H groups in total. The smallest absolute Gasteiger partial charge is 0.257 e. The molecule has 0 aliphatic carbocycles. The zero-order valence-corrected chi connectivity index (χ0v) is 11.4. The summed E-state index contributed by atoms with van der Waals surface area (Å²) in [6.45, 7) is 4.15. The maximum absolute atomic E-state index is 12.0. The van der Waals surface area contributed by atoms with Gasteiger partial charge < -0.3 is 0 Å². The number of benzene rings is 1. The number of aryl methyl sites for hydroxylation is 2. The number of nitrogens with zero attached hydrogens (tertiary/aromatic N) is 1. The summed E-state index contributed by atoms with van der Waals surface area (Å²) >= 11 is 1.52. The number of hydrogen-bond donors (Lipinski definition) is 1. The first kappa shape index (κ1) is 12.8. The van der Waals surface area contributed by atoms with E-state index in [1.807, 2.05) is 30.5 Å². The average molecular weight is 260 g/mol. The normalized spacial score (nSPS) is 10.3. The van der Waals surface area contributed by atoms with Crippen molar-refractivity contribution in [3.63, 3.8) is 0 Å². The lowest BCUT2D eigenvalue weighted by atomic mass is 10.1. The monoisotopic (exact) mass is 260 g/mol. The molecular weight excluding hydrogens is 244 g/mol. The van der Waals surface area contributed by atoms with Gasteiger partial charge in [-0.2, -0.15) is 0 Å². The van der Waals surface area contributed by atoms with Crippen molar-refractivity contribution in [1.82, 2.24) is 4.98 Å². The van der Waals surface area contributed by atoms with Crippen LogP contribution in [0.25, 0.3) is 0 Å². The Kier molecular flexibility index (Phi) is 4.10. The molecule has 0 fully saturated rings. The van der Waals surface area contributed by atoms with Crippen molar-refractivity contribution < 1.29 is 4.79 Å². The number of hydrogen-bond acceptors (Lipinski definition) is 3. The van der Waals surface area contributed by atoms with E-state index in [1.165, 1.54) is 16.2 Å². The van der Waals surface area contributed by atoms with Gasteiger partial charge in [-0.05, 0) is 30.5 Å². The van der Waals surface area contributed by atoms with Crippen LogP contribution in [0.5, 0.6) is 0 Å². The molecule has 94 valence electrons. The molecule has 1 heterocycles. The first-order valence-electron chi connectivity index (χ1n) is 6.08. The highest BCUT2D eigenvalue weighted by molar-refractivity contribution is 7.15. The van der Waals surface area contributed by atoms with Crippen molar-refractivity contribution in [3.05, 3.63) is 46.5 Å². The van der Waals surface area contributed by atoms with E-state index < -0.39 is 0 Å². The minimum absolute atomic E-state index is 0.0951. The fourth-order valence-electron chi connectivity index (χ4n) is 1.63. The quantitative estimate of drug-likeness (QED) is 0.914. The number of aromatic nitrogens is 1. The Morgan fingerprint density at radius 1 is 1.33 bits per heavy atom. The number of amides is 1. The van der Waals surface area contributed by atoms with Crippen LogP contribution in [-0.4, -0.2) is 10.9 Å². The topological polar surface area (TPSA) is 42.0 Å². The minimum atomic E-state index is -0.0951. The van der Waals surface area contributed by atoms with E-state index in [0.717, 1.165) is 18.4 Å². The summed E-state index contributed by atoms with van der Waals surface area (Å²) in [5.74, 6) is -0.0951. The van der Waals surface area contributed by atoms with Gasteiger partial charge in [-0.15, -0.1) is 11.3 Å². The number of carbonyl (C=O) groups excluding carboxylic acids is 1. The summed E-state index contributed by atoms with van der Waals surface area (Å²) in [7, 11) is 0. The molecule has 4 heteroatoms. The molecule has 0 aliphatic rings. The second kappa shape index (κ2) is 5.78. The number of rotatable bonds is 4. The molecular formula is C14H16N2OS. The molecule has 3 nitrogen and oxygen atoms in total. The van der Waals surface area contributed by atoms with Crippen LogP contribution in [0.15, 0.2) is 30.5 Å². The van der Waals surface area contributed by atoms with Gasteiger partial charge in [-0.3, -0.25) is 10.1 Å². The maximum Gasteiger partial charge on any atom is 0.257 e. The lowest BCUT2D eigenvalue weighted by Crippen LogP contribution is -2.11. The van der Waals surface area contributed by atoms with E-state index in [0.29, 0.717) is 10.7 Å². The molecule has 0 aliphatic heterocycles. The Hall–Kier alpha value is -1.68. The lowest BCUT2D eigenvalue weighted by Gasteiger charge is -2.03. The van der Waals surface area contributed by atoms with E-state index in [9.17, 15) is 4.79 Å². The summed E-state index contributed by atoms with van der Waals surface area (Å²) in [6.07, 6.45) is 3.68. The van der Waals surface area contributed by atoms with E-state index in [-0.39, 0.29) is 5.91 Å². The highest BCUT2D eigenvalue weighted by Crippen LogP contribution is 2.19. The molecule has 0 unspecified atom stereocenters. The molecule has 1 aromatic carbocycles. The molecule has 0 atom stereocenters. The molecule has 2 aromatic rings. The third-order valence-corrected chi connectivity index (χ3v) is 3.78. The second-order valence-corrected chi connectivity index (χ2v) is 5.11. The molecule has 1 amide bonds. The molecule has 18 heavy (non-hydrogen) atoms. The van der Waals surface area contributed by atoms with Crippen LogP contribution in [0.3, 0.4) is 0 Å². The Morgan fingerprint density at radius 2 is 2.17 bits per heavy atom. The van der Waals surface area contributed by atoms with Gasteiger partial charge >= 0.3 is 0 Å². The molecule has 0 saturated heterocycles. The number of anilines is 1. The highest BCUT2D eigenvalue weighted by Gasteiger charge is 2.08. The van der Waals surface area contributed by atoms with Crippen LogP contribution < -0.4 is 5.32 Å². The van der Waals surface area contributed by atoms with Gasteiger partial charge in [0.2, 0.25) is 0 Å². The van der Waals surface area contributed by atoms with Gasteiger partial charge in [0.15, 0.2) is 5.13 Å². The molecule has 0 bridgehead atoms. The molecule has 1 aromatic heterocycles. The SMILES string of the molecule is CCc1cccc(C(=O)Nc2ncc(CC)s2)c1. The van der Waals surface area contributed by atoms with Crippen LogP contribution >= 0.6 is 11.3 Å².